The molecule has 0 aliphatic carbocycles. The van der Waals surface area contributed by atoms with Crippen LogP contribution in [-0.2, 0) is 11.3 Å². The number of ether oxygens (including phenoxy) is 1. The van der Waals surface area contributed by atoms with Crippen molar-refractivity contribution in [2.75, 3.05) is 33.3 Å². The highest BCUT2D eigenvalue weighted by atomic mass is 32.1. The number of nitrogens with zero attached hydrogens (tertiary/aromatic N) is 2. The van der Waals surface area contributed by atoms with Crippen LogP contribution < -0.4 is 5.32 Å². The normalized spacial score (nSPS) is 21.2. The van der Waals surface area contributed by atoms with E-state index in [9.17, 15) is 0 Å². The first-order valence-corrected chi connectivity index (χ1v) is 7.85. The molecule has 1 saturated heterocycles. The lowest BCUT2D eigenvalue weighted by Crippen LogP contribution is -2.35. The van der Waals surface area contributed by atoms with Crippen molar-refractivity contribution in [3.8, 4) is 0 Å². The number of morpholine rings is 1. The van der Waals surface area contributed by atoms with Crippen LogP contribution in [0.1, 0.15) is 35.5 Å². The molecular formula is C14H25N3OS. The first-order valence-electron chi connectivity index (χ1n) is 7.03. The first-order chi connectivity index (χ1) is 9.06. The molecule has 1 N–H and O–H groups in total. The third kappa shape index (κ3) is 4.24. The zero-order valence-corrected chi connectivity index (χ0v) is 13.2. The fraction of sp³-hybridized carbons (Fsp3) is 0.786. The molecule has 1 fully saturated rings. The van der Waals surface area contributed by atoms with Gasteiger partial charge in [-0.3, -0.25) is 0 Å². The molecule has 5 heteroatoms. The van der Waals surface area contributed by atoms with Crippen molar-refractivity contribution in [1.29, 1.82) is 0 Å². The van der Waals surface area contributed by atoms with Gasteiger partial charge in [-0.1, -0.05) is 13.8 Å². The molecule has 1 unspecified atom stereocenters. The summed E-state index contributed by atoms with van der Waals surface area (Å²) in [6, 6.07) is 0. The second-order valence-corrected chi connectivity index (χ2v) is 6.82. The van der Waals surface area contributed by atoms with Gasteiger partial charge in [0.05, 0.1) is 12.3 Å². The molecule has 2 heterocycles. The lowest BCUT2D eigenvalue weighted by Gasteiger charge is -2.28. The van der Waals surface area contributed by atoms with E-state index in [1.54, 1.807) is 11.3 Å². The predicted molar refractivity (Wildman–Crippen MR) is 79.6 cm³/mol. The van der Waals surface area contributed by atoms with Crippen LogP contribution in [0.15, 0.2) is 0 Å². The van der Waals surface area contributed by atoms with Crippen molar-refractivity contribution in [2.24, 2.45) is 5.92 Å². The molecule has 1 aromatic rings. The van der Waals surface area contributed by atoms with E-state index < -0.39 is 0 Å². The minimum atomic E-state index is 0.154. The van der Waals surface area contributed by atoms with Crippen molar-refractivity contribution in [2.45, 2.75) is 33.4 Å². The van der Waals surface area contributed by atoms with Gasteiger partial charge in [0.25, 0.3) is 0 Å². The lowest BCUT2D eigenvalue weighted by molar-refractivity contribution is -0.0210. The van der Waals surface area contributed by atoms with Gasteiger partial charge in [0.1, 0.15) is 11.1 Å². The van der Waals surface area contributed by atoms with Crippen molar-refractivity contribution >= 4 is 11.3 Å². The Hall–Kier alpha value is -0.490. The van der Waals surface area contributed by atoms with Crippen LogP contribution in [0, 0.1) is 12.8 Å². The average molecular weight is 283 g/mol. The first kappa shape index (κ1) is 14.9. The van der Waals surface area contributed by atoms with Crippen molar-refractivity contribution in [3.63, 3.8) is 0 Å². The molecule has 1 aliphatic heterocycles. The Morgan fingerprint density at radius 1 is 1.53 bits per heavy atom. The van der Waals surface area contributed by atoms with Crippen LogP contribution in [0.2, 0.25) is 0 Å². The van der Waals surface area contributed by atoms with Crippen molar-refractivity contribution in [1.82, 2.24) is 15.2 Å². The highest BCUT2D eigenvalue weighted by molar-refractivity contribution is 7.11. The summed E-state index contributed by atoms with van der Waals surface area (Å²) >= 11 is 1.79. The van der Waals surface area contributed by atoms with E-state index >= 15 is 0 Å². The summed E-state index contributed by atoms with van der Waals surface area (Å²) in [6.45, 7) is 11.3. The maximum absolute atomic E-state index is 5.83. The van der Waals surface area contributed by atoms with E-state index in [1.165, 1.54) is 4.88 Å². The molecule has 1 aliphatic rings. The maximum Gasteiger partial charge on any atom is 0.123 e. The minimum Gasteiger partial charge on any atom is -0.368 e. The lowest BCUT2D eigenvalue weighted by atomic mass is 10.2. The van der Waals surface area contributed by atoms with E-state index in [1.807, 2.05) is 0 Å². The van der Waals surface area contributed by atoms with Crippen LogP contribution >= 0.6 is 11.3 Å². The molecule has 19 heavy (non-hydrogen) atoms. The molecular weight excluding hydrogens is 258 g/mol. The Kier molecular flexibility index (Phi) is 5.33. The quantitative estimate of drug-likeness (QED) is 0.899. The minimum absolute atomic E-state index is 0.154. The van der Waals surface area contributed by atoms with E-state index in [0.29, 0.717) is 5.92 Å². The largest absolute Gasteiger partial charge is 0.368 e. The summed E-state index contributed by atoms with van der Waals surface area (Å²) in [5.41, 5.74) is 1.15. The SMILES string of the molecule is Cc1nc(C2CN(C)CCO2)sc1CNCC(C)C. The number of likely N-dealkylation sites (N-methyl/N-ethyl adjacent to an activating group) is 1. The molecule has 1 atom stereocenters. The Morgan fingerprint density at radius 3 is 3.00 bits per heavy atom. The molecule has 0 bridgehead atoms. The van der Waals surface area contributed by atoms with Crippen LogP contribution in [-0.4, -0.2) is 43.2 Å². The third-order valence-electron chi connectivity index (χ3n) is 3.29. The van der Waals surface area contributed by atoms with Crippen molar-refractivity contribution in [3.05, 3.63) is 15.6 Å². The highest BCUT2D eigenvalue weighted by Crippen LogP contribution is 2.28. The van der Waals surface area contributed by atoms with E-state index in [0.717, 1.165) is 43.5 Å². The van der Waals surface area contributed by atoms with Crippen LogP contribution in [0.4, 0.5) is 0 Å². The second kappa shape index (κ2) is 6.79. The number of aryl methyl sites for hydroxylation is 1. The zero-order valence-electron chi connectivity index (χ0n) is 12.4. The number of nitrogens with one attached hydrogen (secondary N) is 1. The number of hydrogen-bond acceptors (Lipinski definition) is 5. The summed E-state index contributed by atoms with van der Waals surface area (Å²) in [5.74, 6) is 0.683. The Bertz CT molecular complexity index is 405. The van der Waals surface area contributed by atoms with Gasteiger partial charge in [0.15, 0.2) is 0 Å². The standard InChI is InChI=1S/C14H25N3OS/c1-10(2)7-15-8-13-11(3)16-14(19-13)12-9-17(4)5-6-18-12/h10,12,15H,5-9H2,1-4H3. The van der Waals surface area contributed by atoms with Gasteiger partial charge in [-0.15, -0.1) is 11.3 Å². The number of rotatable bonds is 5. The van der Waals surface area contributed by atoms with Crippen LogP contribution in [0.25, 0.3) is 0 Å². The fourth-order valence-corrected chi connectivity index (χ4v) is 3.23. The van der Waals surface area contributed by atoms with Crippen molar-refractivity contribution < 1.29 is 4.74 Å². The van der Waals surface area contributed by atoms with E-state index in [-0.39, 0.29) is 6.10 Å². The molecule has 0 saturated carbocycles. The molecule has 108 valence electrons. The molecule has 2 rings (SSSR count). The molecule has 1 aromatic heterocycles. The summed E-state index contributed by atoms with van der Waals surface area (Å²) in [5, 5.41) is 4.62. The van der Waals surface area contributed by atoms with Crippen LogP contribution in [0.3, 0.4) is 0 Å². The Balaban J connectivity index is 1.95. The van der Waals surface area contributed by atoms with Gasteiger partial charge in [-0.25, -0.2) is 4.98 Å². The maximum atomic E-state index is 5.83. The summed E-state index contributed by atoms with van der Waals surface area (Å²) in [7, 11) is 2.14. The topological polar surface area (TPSA) is 37.4 Å². The number of thiazole rings is 1. The van der Waals surface area contributed by atoms with Gasteiger partial charge in [0, 0.05) is 24.5 Å². The third-order valence-corrected chi connectivity index (χ3v) is 4.54. The van der Waals surface area contributed by atoms with E-state index in [4.69, 9.17) is 9.72 Å². The van der Waals surface area contributed by atoms with Gasteiger partial charge in [-0.2, -0.15) is 0 Å². The molecule has 0 amide bonds. The number of aromatic nitrogens is 1. The smallest absolute Gasteiger partial charge is 0.123 e. The van der Waals surface area contributed by atoms with Gasteiger partial charge < -0.3 is 15.0 Å². The highest BCUT2D eigenvalue weighted by Gasteiger charge is 2.23. The second-order valence-electron chi connectivity index (χ2n) is 5.71. The number of hydrogen-bond donors (Lipinski definition) is 1. The summed E-state index contributed by atoms with van der Waals surface area (Å²) < 4.78 is 5.83. The summed E-state index contributed by atoms with van der Waals surface area (Å²) in [6.07, 6.45) is 0.154. The van der Waals surface area contributed by atoms with Gasteiger partial charge >= 0.3 is 0 Å². The Morgan fingerprint density at radius 2 is 2.32 bits per heavy atom. The molecule has 0 spiro atoms. The molecule has 0 aromatic carbocycles. The fourth-order valence-electron chi connectivity index (χ4n) is 2.15. The Labute approximate surface area is 120 Å². The van der Waals surface area contributed by atoms with Crippen LogP contribution in [0.5, 0.6) is 0 Å². The van der Waals surface area contributed by atoms with E-state index in [2.05, 4.69) is 38.0 Å². The molecule has 0 radical (unpaired) electrons. The average Bonchev–Trinajstić information content (AvgIpc) is 2.71. The zero-order chi connectivity index (χ0) is 13.8. The monoisotopic (exact) mass is 283 g/mol. The molecule has 4 nitrogen and oxygen atoms in total. The summed E-state index contributed by atoms with van der Waals surface area (Å²) in [4.78, 5) is 8.34. The van der Waals surface area contributed by atoms with Gasteiger partial charge in [-0.05, 0) is 26.4 Å². The van der Waals surface area contributed by atoms with Gasteiger partial charge in [0.2, 0.25) is 0 Å². The predicted octanol–water partition coefficient (Wildman–Crippen LogP) is 2.20.